The Morgan fingerprint density at radius 3 is 2.47 bits per heavy atom. The summed E-state index contributed by atoms with van der Waals surface area (Å²) < 4.78 is 39.2. The van der Waals surface area contributed by atoms with E-state index in [4.69, 9.17) is 10.4 Å². The third-order valence-corrected chi connectivity index (χ3v) is 2.53. The van der Waals surface area contributed by atoms with Crippen LogP contribution in [0.1, 0.15) is 18.9 Å². The molecule has 1 N–H and O–H groups in total. The number of aliphatic carboxylic acids is 1. The van der Waals surface area contributed by atoms with Gasteiger partial charge in [0.15, 0.2) is 17.5 Å². The van der Waals surface area contributed by atoms with Gasteiger partial charge in [-0.25, -0.2) is 13.2 Å². The van der Waals surface area contributed by atoms with Crippen LogP contribution in [0.25, 0.3) is 0 Å². The molecule has 6 heteroatoms. The van der Waals surface area contributed by atoms with Gasteiger partial charge in [0.05, 0.1) is 12.5 Å². The van der Waals surface area contributed by atoms with Gasteiger partial charge in [-0.2, -0.15) is 5.26 Å². The van der Waals surface area contributed by atoms with Gasteiger partial charge >= 0.3 is 5.97 Å². The van der Waals surface area contributed by atoms with Crippen molar-refractivity contribution in [2.45, 2.75) is 18.8 Å². The quantitative estimate of drug-likeness (QED) is 0.829. The lowest BCUT2D eigenvalue weighted by molar-refractivity contribution is -0.143. The maximum atomic E-state index is 13.5. The van der Waals surface area contributed by atoms with Crippen molar-refractivity contribution < 1.29 is 23.1 Å². The van der Waals surface area contributed by atoms with Crippen molar-refractivity contribution in [2.24, 2.45) is 0 Å². The molecule has 3 nitrogen and oxygen atoms in total. The summed E-state index contributed by atoms with van der Waals surface area (Å²) in [6.45, 7) is 1.08. The summed E-state index contributed by atoms with van der Waals surface area (Å²) >= 11 is 0. The highest BCUT2D eigenvalue weighted by atomic mass is 19.2. The third kappa shape index (κ3) is 2.09. The first kappa shape index (κ1) is 13.0. The molecule has 0 radical (unpaired) electrons. The number of benzene rings is 1. The lowest BCUT2D eigenvalue weighted by Gasteiger charge is -2.22. The lowest BCUT2D eigenvalue weighted by atomic mass is 9.79. The minimum Gasteiger partial charge on any atom is -0.481 e. The second-order valence-corrected chi connectivity index (χ2v) is 3.70. The van der Waals surface area contributed by atoms with Gasteiger partial charge in [-0.1, -0.05) is 6.07 Å². The fraction of sp³-hybridized carbons (Fsp3) is 0.273. The van der Waals surface area contributed by atoms with E-state index >= 15 is 0 Å². The molecule has 1 atom stereocenters. The fourth-order valence-electron chi connectivity index (χ4n) is 1.40. The fourth-order valence-corrected chi connectivity index (χ4v) is 1.40. The lowest BCUT2D eigenvalue weighted by Crippen LogP contribution is -2.33. The Morgan fingerprint density at radius 2 is 2.00 bits per heavy atom. The van der Waals surface area contributed by atoms with E-state index in [9.17, 15) is 18.0 Å². The van der Waals surface area contributed by atoms with Crippen LogP contribution in [0.2, 0.25) is 0 Å². The molecule has 1 rings (SSSR count). The smallest absolute Gasteiger partial charge is 0.315 e. The molecular weight excluding hydrogens is 235 g/mol. The Morgan fingerprint density at radius 1 is 1.41 bits per heavy atom. The molecule has 0 saturated heterocycles. The number of hydrogen-bond donors (Lipinski definition) is 1. The van der Waals surface area contributed by atoms with Crippen molar-refractivity contribution >= 4 is 5.97 Å². The van der Waals surface area contributed by atoms with Gasteiger partial charge in [-0.05, 0) is 13.0 Å². The second-order valence-electron chi connectivity index (χ2n) is 3.70. The van der Waals surface area contributed by atoms with E-state index in [1.807, 2.05) is 0 Å². The highest BCUT2D eigenvalue weighted by molar-refractivity contribution is 5.81. The van der Waals surface area contributed by atoms with Crippen molar-refractivity contribution in [3.05, 3.63) is 35.1 Å². The normalized spacial score (nSPS) is 13.8. The molecule has 1 aromatic carbocycles. The zero-order chi connectivity index (χ0) is 13.2. The number of halogens is 3. The molecule has 0 amide bonds. The minimum absolute atomic E-state index is 0.551. The van der Waals surface area contributed by atoms with E-state index in [0.717, 1.165) is 13.0 Å². The number of nitrogens with zero attached hydrogens (tertiary/aromatic N) is 1. The van der Waals surface area contributed by atoms with Gasteiger partial charge < -0.3 is 5.11 Å². The highest BCUT2D eigenvalue weighted by Crippen LogP contribution is 2.31. The Bertz CT molecular complexity index is 510. The first-order valence-electron chi connectivity index (χ1n) is 4.59. The number of carboxylic acids is 1. The minimum atomic E-state index is -1.91. The largest absolute Gasteiger partial charge is 0.481 e. The predicted octanol–water partition coefficient (Wildman–Crippen LogP) is 2.36. The first-order chi connectivity index (χ1) is 7.84. The van der Waals surface area contributed by atoms with Crippen molar-refractivity contribution in [2.75, 3.05) is 0 Å². The summed E-state index contributed by atoms with van der Waals surface area (Å²) in [6.07, 6.45) is -0.551. The highest BCUT2D eigenvalue weighted by Gasteiger charge is 2.38. The zero-order valence-corrected chi connectivity index (χ0v) is 8.80. The van der Waals surface area contributed by atoms with Crippen molar-refractivity contribution in [3.63, 3.8) is 0 Å². The zero-order valence-electron chi connectivity index (χ0n) is 8.80. The van der Waals surface area contributed by atoms with E-state index in [1.54, 1.807) is 6.07 Å². The molecule has 0 heterocycles. The first-order valence-corrected chi connectivity index (χ1v) is 4.59. The second kappa shape index (κ2) is 4.45. The summed E-state index contributed by atoms with van der Waals surface area (Å²) in [6, 6.07) is 3.05. The summed E-state index contributed by atoms with van der Waals surface area (Å²) in [7, 11) is 0. The van der Waals surface area contributed by atoms with Crippen molar-refractivity contribution in [1.82, 2.24) is 0 Å². The molecule has 0 aliphatic heterocycles. The molecule has 90 valence electrons. The van der Waals surface area contributed by atoms with E-state index in [0.29, 0.717) is 6.07 Å². The average Bonchev–Trinajstić information content (AvgIpc) is 2.26. The topological polar surface area (TPSA) is 61.1 Å². The van der Waals surface area contributed by atoms with E-state index < -0.39 is 40.8 Å². The monoisotopic (exact) mass is 243 g/mol. The van der Waals surface area contributed by atoms with Crippen LogP contribution in [-0.4, -0.2) is 11.1 Å². The Labute approximate surface area is 95.1 Å². The number of carbonyl (C=O) groups is 1. The van der Waals surface area contributed by atoms with Crippen LogP contribution in [0.3, 0.4) is 0 Å². The van der Waals surface area contributed by atoms with E-state index in [2.05, 4.69) is 0 Å². The summed E-state index contributed by atoms with van der Waals surface area (Å²) in [5.74, 6) is -6.21. The van der Waals surface area contributed by atoms with E-state index in [1.165, 1.54) is 0 Å². The van der Waals surface area contributed by atoms with Gasteiger partial charge in [-0.15, -0.1) is 0 Å². The molecular formula is C11H8F3NO2. The maximum absolute atomic E-state index is 13.5. The van der Waals surface area contributed by atoms with Crippen molar-refractivity contribution in [1.29, 1.82) is 5.26 Å². The standard InChI is InChI=1S/C11H8F3NO2/c1-11(4-5-15,10(16)17)6-2-3-7(12)9(14)8(6)13/h2-3H,4H2,1H3,(H,16,17). The molecule has 0 spiro atoms. The van der Waals surface area contributed by atoms with Crippen LogP contribution in [0, 0.1) is 28.8 Å². The van der Waals surface area contributed by atoms with Gasteiger partial charge in [0.2, 0.25) is 0 Å². The van der Waals surface area contributed by atoms with Crippen LogP contribution >= 0.6 is 0 Å². The molecule has 0 saturated carbocycles. The molecule has 1 unspecified atom stereocenters. The number of hydrogen-bond acceptors (Lipinski definition) is 2. The van der Waals surface area contributed by atoms with Crippen LogP contribution < -0.4 is 0 Å². The molecule has 0 aliphatic rings. The molecule has 0 bridgehead atoms. The molecule has 0 aliphatic carbocycles. The number of carboxylic acid groups (broad SMARTS) is 1. The predicted molar refractivity (Wildman–Crippen MR) is 51.5 cm³/mol. The molecule has 0 aromatic heterocycles. The summed E-state index contributed by atoms with van der Waals surface area (Å²) in [5, 5.41) is 17.5. The van der Waals surface area contributed by atoms with Gasteiger partial charge in [0.25, 0.3) is 0 Å². The summed E-state index contributed by atoms with van der Waals surface area (Å²) in [4.78, 5) is 11.0. The van der Waals surface area contributed by atoms with Gasteiger partial charge in [-0.3, -0.25) is 4.79 Å². The Hall–Kier alpha value is -2.03. The average molecular weight is 243 g/mol. The van der Waals surface area contributed by atoms with Crippen LogP contribution in [0.15, 0.2) is 12.1 Å². The summed E-state index contributed by atoms with van der Waals surface area (Å²) in [5.41, 5.74) is -2.46. The Kier molecular flexibility index (Phi) is 3.42. The SMILES string of the molecule is CC(CC#N)(C(=O)O)c1ccc(F)c(F)c1F. The third-order valence-electron chi connectivity index (χ3n) is 2.53. The molecule has 1 aromatic rings. The van der Waals surface area contributed by atoms with Crippen LogP contribution in [0.5, 0.6) is 0 Å². The van der Waals surface area contributed by atoms with Gasteiger partial charge in [0.1, 0.15) is 5.41 Å². The molecule has 17 heavy (non-hydrogen) atoms. The number of nitriles is 1. The molecule has 0 fully saturated rings. The van der Waals surface area contributed by atoms with Gasteiger partial charge in [0, 0.05) is 5.56 Å². The Balaban J connectivity index is 3.46. The number of rotatable bonds is 3. The van der Waals surface area contributed by atoms with Crippen LogP contribution in [0.4, 0.5) is 13.2 Å². The van der Waals surface area contributed by atoms with Crippen molar-refractivity contribution in [3.8, 4) is 6.07 Å². The van der Waals surface area contributed by atoms with E-state index in [-0.39, 0.29) is 0 Å². The maximum Gasteiger partial charge on any atom is 0.315 e. The van der Waals surface area contributed by atoms with Crippen LogP contribution in [-0.2, 0) is 10.2 Å².